The zero-order valence-electron chi connectivity index (χ0n) is 24.7. The van der Waals surface area contributed by atoms with E-state index in [2.05, 4.69) is 26.3 Å². The van der Waals surface area contributed by atoms with Gasteiger partial charge < -0.3 is 25.1 Å². The summed E-state index contributed by atoms with van der Waals surface area (Å²) in [7, 11) is 3.86. The normalized spacial score (nSPS) is 15.0. The maximum absolute atomic E-state index is 12.9. The van der Waals surface area contributed by atoms with Crippen molar-refractivity contribution in [2.75, 3.05) is 51.4 Å². The molecule has 3 aromatic rings. The maximum Gasteiger partial charge on any atom is 0.330 e. The highest BCUT2D eigenvalue weighted by molar-refractivity contribution is 8.00. The minimum absolute atomic E-state index is 0.0236. The molecule has 4 rings (SSSR count). The Morgan fingerprint density at radius 3 is 2.79 bits per heavy atom. The van der Waals surface area contributed by atoms with Crippen LogP contribution in [0.25, 0.3) is 0 Å². The molecule has 1 amide bonds. The zero-order chi connectivity index (χ0) is 30.1. The summed E-state index contributed by atoms with van der Waals surface area (Å²) in [5, 5.41) is 3.60. The highest BCUT2D eigenvalue weighted by atomic mass is 32.2. The van der Waals surface area contributed by atoms with Crippen LogP contribution in [0, 0.1) is 5.92 Å². The molecule has 0 atom stereocenters. The van der Waals surface area contributed by atoms with Crippen molar-refractivity contribution >= 4 is 45.8 Å². The third kappa shape index (κ3) is 9.69. The first-order valence-corrected chi connectivity index (χ1v) is 15.8. The molecule has 1 saturated heterocycles. The van der Waals surface area contributed by atoms with E-state index in [1.807, 2.05) is 51.0 Å². The van der Waals surface area contributed by atoms with E-state index in [1.165, 1.54) is 23.0 Å². The molecule has 1 aliphatic heterocycles. The Bertz CT molecular complexity index is 1360. The number of aromatic nitrogens is 2. The fourth-order valence-electron chi connectivity index (χ4n) is 4.45. The van der Waals surface area contributed by atoms with Gasteiger partial charge in [0, 0.05) is 30.8 Å². The molecule has 12 heteroatoms. The van der Waals surface area contributed by atoms with Crippen molar-refractivity contribution in [2.24, 2.45) is 5.92 Å². The molecule has 0 bridgehead atoms. The van der Waals surface area contributed by atoms with Gasteiger partial charge >= 0.3 is 5.97 Å². The first-order chi connectivity index (χ1) is 20.1. The Morgan fingerprint density at radius 1 is 1.26 bits per heavy atom. The van der Waals surface area contributed by atoms with Gasteiger partial charge in [0.1, 0.15) is 12.4 Å². The number of oxazole rings is 1. The number of hydrogen-bond acceptors (Lipinski definition) is 11. The number of carbonyl (C=O) groups excluding carboxylic acids is 2. The van der Waals surface area contributed by atoms with Crippen LogP contribution in [0.4, 0.5) is 10.8 Å². The number of thioether (sulfide) groups is 1. The maximum atomic E-state index is 12.9. The summed E-state index contributed by atoms with van der Waals surface area (Å²) in [4.78, 5) is 38.0. The van der Waals surface area contributed by atoms with E-state index >= 15 is 0 Å². The molecule has 42 heavy (non-hydrogen) atoms. The fraction of sp³-hybridized carbons (Fsp3) is 0.467. The van der Waals surface area contributed by atoms with Crippen LogP contribution >= 0.6 is 23.1 Å². The number of esters is 1. The zero-order valence-corrected chi connectivity index (χ0v) is 26.3. The van der Waals surface area contributed by atoms with E-state index < -0.39 is 5.41 Å². The van der Waals surface area contributed by atoms with Crippen molar-refractivity contribution in [3.8, 4) is 0 Å². The quantitative estimate of drug-likeness (QED) is 0.120. The van der Waals surface area contributed by atoms with Crippen LogP contribution in [-0.2, 0) is 32.0 Å². The summed E-state index contributed by atoms with van der Waals surface area (Å²) in [6.07, 6.45) is 8.29. The van der Waals surface area contributed by atoms with Crippen molar-refractivity contribution < 1.29 is 18.7 Å². The predicted molar refractivity (Wildman–Crippen MR) is 167 cm³/mol. The summed E-state index contributed by atoms with van der Waals surface area (Å²) in [5.74, 6) is 1.36. The van der Waals surface area contributed by atoms with Crippen molar-refractivity contribution in [1.82, 2.24) is 19.8 Å². The number of thiazole rings is 1. The van der Waals surface area contributed by atoms with Crippen LogP contribution in [0.5, 0.6) is 0 Å². The molecule has 0 aliphatic carbocycles. The summed E-state index contributed by atoms with van der Waals surface area (Å²) < 4.78 is 12.3. The van der Waals surface area contributed by atoms with Gasteiger partial charge in [0.15, 0.2) is 5.13 Å². The van der Waals surface area contributed by atoms with E-state index in [4.69, 9.17) is 14.9 Å². The number of ether oxygens (including phenoxy) is 1. The number of nitrogens with zero attached hydrogens (tertiary/aromatic N) is 4. The molecule has 10 nitrogen and oxygen atoms in total. The summed E-state index contributed by atoms with van der Waals surface area (Å²) in [6, 6.07) is 7.96. The molecule has 226 valence electrons. The summed E-state index contributed by atoms with van der Waals surface area (Å²) >= 11 is 2.99. The number of rotatable bonds is 13. The number of nitrogens with two attached hydrogens (primary N) is 1. The van der Waals surface area contributed by atoms with Crippen LogP contribution in [0.1, 0.15) is 43.9 Å². The summed E-state index contributed by atoms with van der Waals surface area (Å²) in [6.45, 7) is 7.33. The second-order valence-corrected chi connectivity index (χ2v) is 13.6. The van der Waals surface area contributed by atoms with E-state index in [1.54, 1.807) is 30.2 Å². The number of likely N-dealkylation sites (tertiary alicyclic amines) is 1. The molecule has 3 N–H and O–H groups in total. The smallest absolute Gasteiger partial charge is 0.330 e. The third-order valence-corrected chi connectivity index (χ3v) is 8.98. The lowest BCUT2D eigenvalue weighted by Gasteiger charge is -2.31. The van der Waals surface area contributed by atoms with Gasteiger partial charge in [-0.25, -0.2) is 14.8 Å². The minimum Gasteiger partial charge on any atom is -0.461 e. The van der Waals surface area contributed by atoms with Crippen molar-refractivity contribution in [1.29, 1.82) is 0 Å². The molecule has 0 radical (unpaired) electrons. The molecular formula is C30H40N6O4S2. The number of benzene rings is 1. The predicted octanol–water partition coefficient (Wildman–Crippen LogP) is 4.79. The number of carbonyl (C=O) groups is 2. The van der Waals surface area contributed by atoms with Gasteiger partial charge in [-0.3, -0.25) is 9.69 Å². The first-order valence-electron chi connectivity index (χ1n) is 14.0. The second-order valence-electron chi connectivity index (χ2n) is 11.3. The first kappa shape index (κ1) is 31.7. The molecule has 1 fully saturated rings. The number of anilines is 2. The minimum atomic E-state index is -0.519. The number of nitrogen functional groups attached to an aromatic ring is 1. The van der Waals surface area contributed by atoms with Gasteiger partial charge in [0.25, 0.3) is 0 Å². The molecule has 1 aromatic carbocycles. The van der Waals surface area contributed by atoms with Gasteiger partial charge in [0.2, 0.25) is 11.8 Å². The van der Waals surface area contributed by atoms with Crippen molar-refractivity contribution in [3.63, 3.8) is 0 Å². The lowest BCUT2D eigenvalue weighted by atomic mass is 9.92. The van der Waals surface area contributed by atoms with E-state index in [0.29, 0.717) is 29.1 Å². The SMILES string of the molecule is CN(C)C/C=C/C(=O)OCC(C)(C)c1cnc(CSc2cnc(NC(=O)C3CCN(Cc4cccc(N)c4)CC3)s2)o1. The van der Waals surface area contributed by atoms with E-state index in [9.17, 15) is 9.59 Å². The largest absolute Gasteiger partial charge is 0.461 e. The standard InChI is InChI=1S/C30H40N6O4S2/c1-30(2,20-39-26(37)9-6-12-35(3)4)24-16-32-25(40-24)19-41-27-17-33-29(42-27)34-28(38)22-10-13-36(14-11-22)18-21-7-5-8-23(31)15-21/h5-9,15-17,22H,10-14,18-20,31H2,1-4H3,(H,33,34,38)/b9-6+. The van der Waals surface area contributed by atoms with Gasteiger partial charge in [-0.1, -0.05) is 29.5 Å². The van der Waals surface area contributed by atoms with Crippen LogP contribution in [0.3, 0.4) is 0 Å². The molecule has 2 aromatic heterocycles. The Morgan fingerprint density at radius 2 is 2.05 bits per heavy atom. The van der Waals surface area contributed by atoms with Crippen LogP contribution in [0.2, 0.25) is 0 Å². The van der Waals surface area contributed by atoms with Crippen LogP contribution in [0.15, 0.2) is 57.4 Å². The lowest BCUT2D eigenvalue weighted by molar-refractivity contribution is -0.139. The number of likely N-dealkylation sites (N-methyl/N-ethyl adjacent to an activating group) is 1. The average Bonchev–Trinajstić information content (AvgIpc) is 3.61. The Balaban J connectivity index is 1.19. The Kier molecular flexibility index (Phi) is 11.2. The topological polar surface area (TPSA) is 127 Å². The number of piperidine rings is 1. The number of hydrogen-bond donors (Lipinski definition) is 2. The molecular weight excluding hydrogens is 573 g/mol. The molecule has 1 aliphatic rings. The van der Waals surface area contributed by atoms with Crippen LogP contribution in [-0.4, -0.2) is 72.0 Å². The molecule has 0 saturated carbocycles. The molecule has 0 spiro atoms. The lowest BCUT2D eigenvalue weighted by Crippen LogP contribution is -2.37. The van der Waals surface area contributed by atoms with Gasteiger partial charge in [-0.05, 0) is 71.6 Å². The number of nitrogens with one attached hydrogen (secondary N) is 1. The number of amides is 1. The van der Waals surface area contributed by atoms with Crippen molar-refractivity contribution in [3.05, 3.63) is 66.0 Å². The average molecular weight is 613 g/mol. The third-order valence-electron chi connectivity index (χ3n) is 6.89. The fourth-order valence-corrected chi connectivity index (χ4v) is 6.18. The van der Waals surface area contributed by atoms with Gasteiger partial charge in [-0.15, -0.1) is 11.8 Å². The summed E-state index contributed by atoms with van der Waals surface area (Å²) in [5.41, 5.74) is 7.35. The monoisotopic (exact) mass is 612 g/mol. The highest BCUT2D eigenvalue weighted by Crippen LogP contribution is 2.32. The van der Waals surface area contributed by atoms with E-state index in [-0.39, 0.29) is 24.4 Å². The van der Waals surface area contributed by atoms with E-state index in [0.717, 1.165) is 42.4 Å². The Labute approximate surface area is 255 Å². The van der Waals surface area contributed by atoms with Crippen LogP contribution < -0.4 is 11.1 Å². The van der Waals surface area contributed by atoms with Crippen molar-refractivity contribution in [2.45, 2.75) is 48.6 Å². The Hall–Kier alpha value is -3.19. The van der Waals surface area contributed by atoms with Gasteiger partial charge in [0.05, 0.1) is 27.8 Å². The highest BCUT2D eigenvalue weighted by Gasteiger charge is 2.28. The van der Waals surface area contributed by atoms with Gasteiger partial charge in [-0.2, -0.15) is 0 Å². The molecule has 3 heterocycles. The molecule has 0 unspecified atom stereocenters. The second kappa shape index (κ2) is 14.8.